The lowest BCUT2D eigenvalue weighted by Gasteiger charge is -2.32. The minimum atomic E-state index is -0.232. The molecule has 5 heteroatoms. The van der Waals surface area contributed by atoms with Crippen molar-refractivity contribution in [2.24, 2.45) is 5.10 Å². The minimum Gasteiger partial charge on any atom is -0.403 e. The predicted octanol–water partition coefficient (Wildman–Crippen LogP) is 2.41. The molecular weight excluding hydrogens is 215 g/mol. The second-order valence-electron chi connectivity index (χ2n) is 5.91. The van der Waals surface area contributed by atoms with Crippen molar-refractivity contribution in [1.29, 1.82) is 0 Å². The first kappa shape index (κ1) is 14.5. The lowest BCUT2D eigenvalue weighted by atomic mass is 9.82. The highest BCUT2D eigenvalue weighted by atomic mass is 16.7. The summed E-state index contributed by atoms with van der Waals surface area (Å²) in [4.78, 5) is 0. The molecule has 4 nitrogen and oxygen atoms in total. The third-order valence-corrected chi connectivity index (χ3v) is 3.41. The minimum absolute atomic E-state index is 0.118. The monoisotopic (exact) mass is 240 g/mol. The highest BCUT2D eigenvalue weighted by molar-refractivity contribution is 6.45. The molecule has 0 N–H and O–H groups in total. The van der Waals surface area contributed by atoms with E-state index in [9.17, 15) is 0 Å². The number of nitrogens with zero attached hydrogens (tertiary/aromatic N) is 2. The molecule has 0 amide bonds. The van der Waals surface area contributed by atoms with Crippen LogP contribution in [0.1, 0.15) is 41.0 Å². The zero-order chi connectivity index (χ0) is 13.3. The van der Waals surface area contributed by atoms with Crippen LogP contribution in [0.4, 0.5) is 0 Å². The maximum atomic E-state index is 5.93. The van der Waals surface area contributed by atoms with Crippen LogP contribution in [0.2, 0.25) is 6.32 Å². The molecule has 98 valence electrons. The summed E-state index contributed by atoms with van der Waals surface area (Å²) in [6, 6.07) is 0. The van der Waals surface area contributed by atoms with Crippen LogP contribution in [0.3, 0.4) is 0 Å². The molecule has 1 aliphatic heterocycles. The van der Waals surface area contributed by atoms with Gasteiger partial charge in [-0.3, -0.25) is 0 Å². The zero-order valence-corrected chi connectivity index (χ0v) is 12.2. The van der Waals surface area contributed by atoms with Crippen molar-refractivity contribution in [2.75, 3.05) is 14.1 Å². The summed E-state index contributed by atoms with van der Waals surface area (Å²) >= 11 is 0. The van der Waals surface area contributed by atoms with Gasteiger partial charge in [-0.25, -0.2) is 0 Å². The van der Waals surface area contributed by atoms with Gasteiger partial charge in [-0.1, -0.05) is 0 Å². The molecule has 1 rings (SSSR count). The van der Waals surface area contributed by atoms with Crippen LogP contribution in [0.5, 0.6) is 0 Å². The Morgan fingerprint density at radius 1 is 1.12 bits per heavy atom. The van der Waals surface area contributed by atoms with E-state index in [0.717, 1.165) is 18.5 Å². The molecule has 0 aromatic rings. The van der Waals surface area contributed by atoms with Crippen LogP contribution in [0.25, 0.3) is 0 Å². The van der Waals surface area contributed by atoms with E-state index in [-0.39, 0.29) is 18.3 Å². The van der Waals surface area contributed by atoms with E-state index in [4.69, 9.17) is 9.31 Å². The smallest absolute Gasteiger partial charge is 0.403 e. The van der Waals surface area contributed by atoms with Gasteiger partial charge in [0.25, 0.3) is 0 Å². The molecule has 0 unspecified atom stereocenters. The second-order valence-corrected chi connectivity index (χ2v) is 5.91. The Morgan fingerprint density at radius 2 is 1.59 bits per heavy atom. The van der Waals surface area contributed by atoms with E-state index in [0.29, 0.717) is 0 Å². The van der Waals surface area contributed by atoms with Gasteiger partial charge in [-0.05, 0) is 47.4 Å². The Morgan fingerprint density at radius 3 is 2.00 bits per heavy atom. The average Bonchev–Trinajstić information content (AvgIpc) is 2.31. The molecule has 0 spiro atoms. The summed E-state index contributed by atoms with van der Waals surface area (Å²) in [6.07, 6.45) is 1.76. The molecule has 0 aromatic heterocycles. The van der Waals surface area contributed by atoms with Crippen molar-refractivity contribution >= 4 is 12.8 Å². The standard InChI is InChI=1S/C12H25BN2O2/c1-10(14-15(6)7)8-9-13-16-11(2,3)12(4,5)17-13/h8-9H2,1-7H3/b14-10+. The van der Waals surface area contributed by atoms with Crippen molar-refractivity contribution < 1.29 is 9.31 Å². The van der Waals surface area contributed by atoms with Crippen molar-refractivity contribution in [3.8, 4) is 0 Å². The molecule has 1 fully saturated rings. The fourth-order valence-electron chi connectivity index (χ4n) is 1.80. The predicted molar refractivity (Wildman–Crippen MR) is 72.3 cm³/mol. The van der Waals surface area contributed by atoms with Gasteiger partial charge < -0.3 is 14.3 Å². The molecule has 0 atom stereocenters. The number of rotatable bonds is 4. The van der Waals surface area contributed by atoms with Gasteiger partial charge in [0.15, 0.2) is 0 Å². The lowest BCUT2D eigenvalue weighted by Crippen LogP contribution is -2.41. The highest BCUT2D eigenvalue weighted by Crippen LogP contribution is 2.37. The first-order chi connectivity index (χ1) is 7.64. The molecule has 0 aliphatic carbocycles. The number of hydrazone groups is 1. The van der Waals surface area contributed by atoms with Gasteiger partial charge in [0.2, 0.25) is 0 Å². The van der Waals surface area contributed by atoms with E-state index < -0.39 is 0 Å². The third-order valence-electron chi connectivity index (χ3n) is 3.41. The van der Waals surface area contributed by atoms with Crippen LogP contribution in [0.15, 0.2) is 5.10 Å². The Balaban J connectivity index is 2.47. The van der Waals surface area contributed by atoms with E-state index in [1.807, 2.05) is 26.0 Å². The summed E-state index contributed by atoms with van der Waals surface area (Å²) in [5.41, 5.74) is 0.638. The first-order valence-corrected chi connectivity index (χ1v) is 6.21. The quantitative estimate of drug-likeness (QED) is 0.430. The summed E-state index contributed by atoms with van der Waals surface area (Å²) < 4.78 is 11.9. The van der Waals surface area contributed by atoms with Crippen molar-refractivity contribution in [3.63, 3.8) is 0 Å². The molecule has 0 saturated carbocycles. The molecular formula is C12H25BN2O2. The molecule has 1 heterocycles. The molecule has 0 radical (unpaired) electrons. The van der Waals surface area contributed by atoms with Crippen molar-refractivity contribution in [1.82, 2.24) is 5.01 Å². The van der Waals surface area contributed by atoms with E-state index in [1.54, 1.807) is 0 Å². The topological polar surface area (TPSA) is 34.1 Å². The summed E-state index contributed by atoms with van der Waals surface area (Å²) in [5, 5.41) is 6.17. The third kappa shape index (κ3) is 3.71. The normalized spacial score (nSPS) is 23.0. The highest BCUT2D eigenvalue weighted by Gasteiger charge is 2.50. The fraction of sp³-hybridized carbons (Fsp3) is 0.917. The van der Waals surface area contributed by atoms with Crippen LogP contribution in [-0.4, -0.2) is 43.1 Å². The van der Waals surface area contributed by atoms with Gasteiger partial charge in [0.05, 0.1) is 11.2 Å². The number of hydrogen-bond donors (Lipinski definition) is 0. The van der Waals surface area contributed by atoms with E-state index in [1.165, 1.54) is 0 Å². The molecule has 17 heavy (non-hydrogen) atoms. The zero-order valence-electron chi connectivity index (χ0n) is 12.2. The Labute approximate surface area is 105 Å². The van der Waals surface area contributed by atoms with Crippen LogP contribution < -0.4 is 0 Å². The molecule has 1 aliphatic rings. The first-order valence-electron chi connectivity index (χ1n) is 6.21. The summed E-state index contributed by atoms with van der Waals surface area (Å²) in [7, 11) is 3.74. The van der Waals surface area contributed by atoms with E-state index in [2.05, 4.69) is 32.8 Å². The molecule has 0 aromatic carbocycles. The van der Waals surface area contributed by atoms with Gasteiger partial charge in [0, 0.05) is 19.8 Å². The number of hydrogen-bond acceptors (Lipinski definition) is 4. The van der Waals surface area contributed by atoms with Crippen molar-refractivity contribution in [2.45, 2.75) is 58.6 Å². The van der Waals surface area contributed by atoms with E-state index >= 15 is 0 Å². The summed E-state index contributed by atoms with van der Waals surface area (Å²) in [5.74, 6) is 0. The van der Waals surface area contributed by atoms with Gasteiger partial charge in [-0.15, -0.1) is 0 Å². The maximum Gasteiger partial charge on any atom is 0.458 e. The van der Waals surface area contributed by atoms with Gasteiger partial charge >= 0.3 is 7.12 Å². The van der Waals surface area contributed by atoms with Crippen LogP contribution >= 0.6 is 0 Å². The maximum absolute atomic E-state index is 5.93. The lowest BCUT2D eigenvalue weighted by molar-refractivity contribution is 0.00578. The Kier molecular flexibility index (Phi) is 4.26. The fourth-order valence-corrected chi connectivity index (χ4v) is 1.80. The van der Waals surface area contributed by atoms with Gasteiger partial charge in [0.1, 0.15) is 0 Å². The SMILES string of the molecule is C/C(CCB1OC(C)(C)C(C)(C)O1)=N\N(C)C. The van der Waals surface area contributed by atoms with Gasteiger partial charge in [-0.2, -0.15) is 5.10 Å². The van der Waals surface area contributed by atoms with Crippen molar-refractivity contribution in [3.05, 3.63) is 0 Å². The average molecular weight is 240 g/mol. The van der Waals surface area contributed by atoms with Crippen LogP contribution in [-0.2, 0) is 9.31 Å². The van der Waals surface area contributed by atoms with Crippen LogP contribution in [0, 0.1) is 0 Å². The Bertz CT molecular complexity index is 285. The summed E-state index contributed by atoms with van der Waals surface area (Å²) in [6.45, 7) is 10.3. The Hall–Kier alpha value is -0.545. The molecule has 1 saturated heterocycles. The largest absolute Gasteiger partial charge is 0.458 e. The second kappa shape index (κ2) is 4.98. The molecule has 0 bridgehead atoms.